The Kier molecular flexibility index (Phi) is 6.23. The van der Waals surface area contributed by atoms with Crippen molar-refractivity contribution in [3.63, 3.8) is 0 Å². The van der Waals surface area contributed by atoms with E-state index in [0.717, 1.165) is 6.42 Å². The zero-order valence-electron chi connectivity index (χ0n) is 12.0. The predicted octanol–water partition coefficient (Wildman–Crippen LogP) is 0.0400. The fourth-order valence-electron chi connectivity index (χ4n) is 2.69. The van der Waals surface area contributed by atoms with Gasteiger partial charge in [-0.1, -0.05) is 0 Å². The summed E-state index contributed by atoms with van der Waals surface area (Å²) in [5.41, 5.74) is 5.52. The van der Waals surface area contributed by atoms with Crippen LogP contribution in [-0.4, -0.2) is 54.1 Å². The lowest BCUT2D eigenvalue weighted by atomic mass is 10.1. The number of halogens is 1. The molecule has 7 heteroatoms. The molecule has 2 aliphatic rings. The molecule has 0 radical (unpaired) electrons. The minimum atomic E-state index is -0.406. The molecule has 0 aromatic heterocycles. The molecule has 0 aliphatic carbocycles. The Morgan fingerprint density at radius 2 is 2.20 bits per heavy atom. The van der Waals surface area contributed by atoms with Crippen LogP contribution in [-0.2, 0) is 14.3 Å². The molecule has 2 saturated heterocycles. The second-order valence-electron chi connectivity index (χ2n) is 5.61. The Hall–Kier alpha value is -0.850. The van der Waals surface area contributed by atoms with Crippen molar-refractivity contribution in [3.05, 3.63) is 0 Å². The standard InChI is InChI=1S/C13H23N3O3.ClH/c1-8(2)16-7-9(5-12(16)17)15-13(18)11-4-3-10(6-14)19-11;/h8-11H,3-7,14H2,1-2H3,(H,15,18);1H/t9?,10-,11+;/m1./s1. The molecule has 3 N–H and O–H groups in total. The minimum absolute atomic E-state index is 0. The molecular formula is C13H24ClN3O3. The highest BCUT2D eigenvalue weighted by molar-refractivity contribution is 5.85. The lowest BCUT2D eigenvalue weighted by molar-refractivity contribution is -0.132. The molecule has 2 rings (SSSR count). The number of hydrogen-bond acceptors (Lipinski definition) is 4. The van der Waals surface area contributed by atoms with E-state index in [9.17, 15) is 9.59 Å². The van der Waals surface area contributed by atoms with Crippen LogP contribution in [0.1, 0.15) is 33.1 Å². The van der Waals surface area contributed by atoms with Crippen LogP contribution < -0.4 is 11.1 Å². The Labute approximate surface area is 125 Å². The predicted molar refractivity (Wildman–Crippen MR) is 77.6 cm³/mol. The van der Waals surface area contributed by atoms with Crippen LogP contribution in [0.3, 0.4) is 0 Å². The third-order valence-electron chi connectivity index (χ3n) is 3.79. The van der Waals surface area contributed by atoms with Gasteiger partial charge in [0.25, 0.3) is 0 Å². The summed E-state index contributed by atoms with van der Waals surface area (Å²) in [5.74, 6) is -0.00756. The summed E-state index contributed by atoms with van der Waals surface area (Å²) in [6, 6.07) is 0.0849. The number of amides is 2. The molecule has 2 aliphatic heterocycles. The molecule has 0 aromatic carbocycles. The van der Waals surface area contributed by atoms with E-state index in [-0.39, 0.29) is 42.4 Å². The van der Waals surface area contributed by atoms with E-state index in [1.54, 1.807) is 4.90 Å². The maximum atomic E-state index is 12.0. The summed E-state index contributed by atoms with van der Waals surface area (Å²) in [4.78, 5) is 25.6. The number of likely N-dealkylation sites (tertiary alicyclic amines) is 1. The fraction of sp³-hybridized carbons (Fsp3) is 0.846. The molecule has 1 unspecified atom stereocenters. The van der Waals surface area contributed by atoms with Crippen molar-refractivity contribution in [2.75, 3.05) is 13.1 Å². The van der Waals surface area contributed by atoms with Crippen LogP contribution >= 0.6 is 12.4 Å². The molecule has 2 amide bonds. The highest BCUT2D eigenvalue weighted by atomic mass is 35.5. The van der Waals surface area contributed by atoms with Gasteiger partial charge in [-0.05, 0) is 26.7 Å². The molecule has 20 heavy (non-hydrogen) atoms. The van der Waals surface area contributed by atoms with E-state index in [0.29, 0.717) is 25.9 Å². The van der Waals surface area contributed by atoms with Crippen LogP contribution in [0, 0.1) is 0 Å². The largest absolute Gasteiger partial charge is 0.364 e. The molecule has 0 spiro atoms. The van der Waals surface area contributed by atoms with Gasteiger partial charge >= 0.3 is 0 Å². The molecule has 2 fully saturated rings. The van der Waals surface area contributed by atoms with Crippen molar-refractivity contribution < 1.29 is 14.3 Å². The van der Waals surface area contributed by atoms with Crippen molar-refractivity contribution in [3.8, 4) is 0 Å². The van der Waals surface area contributed by atoms with Crippen LogP contribution in [0.15, 0.2) is 0 Å². The number of carbonyl (C=O) groups is 2. The number of ether oxygens (including phenoxy) is 1. The summed E-state index contributed by atoms with van der Waals surface area (Å²) < 4.78 is 5.55. The minimum Gasteiger partial charge on any atom is -0.364 e. The van der Waals surface area contributed by atoms with Crippen molar-refractivity contribution in [1.82, 2.24) is 10.2 Å². The highest BCUT2D eigenvalue weighted by Crippen LogP contribution is 2.20. The summed E-state index contributed by atoms with van der Waals surface area (Å²) in [6.07, 6.45) is 1.51. The van der Waals surface area contributed by atoms with Gasteiger partial charge in [-0.3, -0.25) is 9.59 Å². The number of rotatable bonds is 4. The van der Waals surface area contributed by atoms with Crippen LogP contribution in [0.25, 0.3) is 0 Å². The highest BCUT2D eigenvalue weighted by Gasteiger charge is 2.35. The summed E-state index contributed by atoms with van der Waals surface area (Å²) in [5, 5.41) is 2.91. The quantitative estimate of drug-likeness (QED) is 0.768. The van der Waals surface area contributed by atoms with E-state index >= 15 is 0 Å². The van der Waals surface area contributed by atoms with E-state index in [2.05, 4.69) is 5.32 Å². The normalized spacial score (nSPS) is 29.7. The van der Waals surface area contributed by atoms with Crippen molar-refractivity contribution in [2.24, 2.45) is 5.73 Å². The Morgan fingerprint density at radius 1 is 1.50 bits per heavy atom. The monoisotopic (exact) mass is 305 g/mol. The lowest BCUT2D eigenvalue weighted by Crippen LogP contribution is -2.43. The smallest absolute Gasteiger partial charge is 0.249 e. The number of nitrogens with two attached hydrogens (primary N) is 1. The van der Waals surface area contributed by atoms with Gasteiger partial charge < -0.3 is 20.7 Å². The number of carbonyl (C=O) groups excluding carboxylic acids is 2. The average Bonchev–Trinajstić information content (AvgIpc) is 2.95. The van der Waals surface area contributed by atoms with Gasteiger partial charge in [-0.15, -0.1) is 12.4 Å². The Balaban J connectivity index is 0.00000200. The van der Waals surface area contributed by atoms with Crippen molar-refractivity contribution in [1.29, 1.82) is 0 Å². The maximum Gasteiger partial charge on any atom is 0.249 e. The van der Waals surface area contributed by atoms with Gasteiger partial charge in [-0.2, -0.15) is 0 Å². The molecule has 0 aromatic rings. The molecule has 6 nitrogen and oxygen atoms in total. The third-order valence-corrected chi connectivity index (χ3v) is 3.79. The second-order valence-corrected chi connectivity index (χ2v) is 5.61. The molecule has 2 heterocycles. The molecule has 3 atom stereocenters. The average molecular weight is 306 g/mol. The van der Waals surface area contributed by atoms with Gasteiger partial charge in [0, 0.05) is 25.6 Å². The SMILES string of the molecule is CC(C)N1CC(NC(=O)[C@@H]2CC[C@H](CN)O2)CC1=O.Cl. The molecular weight excluding hydrogens is 282 g/mol. The number of nitrogens with zero attached hydrogens (tertiary/aromatic N) is 1. The first-order valence-corrected chi connectivity index (χ1v) is 6.96. The number of hydrogen-bond donors (Lipinski definition) is 2. The lowest BCUT2D eigenvalue weighted by Gasteiger charge is -2.21. The zero-order chi connectivity index (χ0) is 14.0. The second kappa shape index (κ2) is 7.24. The Bertz CT molecular complexity index is 365. The summed E-state index contributed by atoms with van der Waals surface area (Å²) in [7, 11) is 0. The van der Waals surface area contributed by atoms with E-state index in [1.165, 1.54) is 0 Å². The van der Waals surface area contributed by atoms with Crippen molar-refractivity contribution >= 4 is 24.2 Å². The van der Waals surface area contributed by atoms with Gasteiger partial charge in [0.15, 0.2) is 0 Å². The van der Waals surface area contributed by atoms with E-state index in [4.69, 9.17) is 10.5 Å². The first-order chi connectivity index (χ1) is 9.01. The summed E-state index contributed by atoms with van der Waals surface area (Å²) in [6.45, 7) is 5.00. The van der Waals surface area contributed by atoms with Crippen LogP contribution in [0.5, 0.6) is 0 Å². The van der Waals surface area contributed by atoms with Gasteiger partial charge in [0.2, 0.25) is 11.8 Å². The Morgan fingerprint density at radius 3 is 2.70 bits per heavy atom. The molecule has 116 valence electrons. The van der Waals surface area contributed by atoms with Gasteiger partial charge in [0.05, 0.1) is 12.1 Å². The van der Waals surface area contributed by atoms with Crippen molar-refractivity contribution in [2.45, 2.75) is 57.4 Å². The molecule has 0 bridgehead atoms. The first-order valence-electron chi connectivity index (χ1n) is 6.96. The fourth-order valence-corrected chi connectivity index (χ4v) is 2.69. The van der Waals surface area contributed by atoms with Gasteiger partial charge in [-0.25, -0.2) is 0 Å². The first kappa shape index (κ1) is 17.2. The van der Waals surface area contributed by atoms with E-state index in [1.807, 2.05) is 13.8 Å². The van der Waals surface area contributed by atoms with E-state index < -0.39 is 6.10 Å². The van der Waals surface area contributed by atoms with Gasteiger partial charge in [0.1, 0.15) is 6.10 Å². The van der Waals surface area contributed by atoms with Crippen LogP contribution in [0.2, 0.25) is 0 Å². The maximum absolute atomic E-state index is 12.0. The number of nitrogens with one attached hydrogen (secondary N) is 1. The third kappa shape index (κ3) is 3.84. The molecule has 0 saturated carbocycles. The summed E-state index contributed by atoms with van der Waals surface area (Å²) >= 11 is 0. The topological polar surface area (TPSA) is 84.7 Å². The zero-order valence-corrected chi connectivity index (χ0v) is 12.8. The van der Waals surface area contributed by atoms with Crippen LogP contribution in [0.4, 0.5) is 0 Å².